The Morgan fingerprint density at radius 2 is 0.882 bits per heavy atom. The van der Waals surface area contributed by atoms with Crippen LogP contribution in [0, 0.1) is 0 Å². The third-order valence-corrected chi connectivity index (χ3v) is 15.0. The molecule has 3 nitrogen and oxygen atoms in total. The summed E-state index contributed by atoms with van der Waals surface area (Å²) in [5.74, 6) is 0.689. The smallest absolute Gasteiger partial charge is 0.160 e. The van der Waals surface area contributed by atoms with Crippen molar-refractivity contribution in [3.8, 4) is 61.8 Å². The highest BCUT2D eigenvalue weighted by molar-refractivity contribution is 6.23. The maximum absolute atomic E-state index is 5.56. The summed E-state index contributed by atoms with van der Waals surface area (Å²) < 4.78 is 2.36. The van der Waals surface area contributed by atoms with E-state index in [0.717, 1.165) is 33.8 Å². The molecule has 3 heteroatoms. The largest absolute Gasteiger partial charge is 0.309 e. The molecular weight excluding hydrogens is 823 g/mol. The highest BCUT2D eigenvalue weighted by Crippen LogP contribution is 2.67. The van der Waals surface area contributed by atoms with E-state index in [1.165, 1.54) is 98.6 Å². The first-order chi connectivity index (χ1) is 33.8. The number of nitrogens with zero attached hydrogens (tertiary/aromatic N) is 3. The summed E-state index contributed by atoms with van der Waals surface area (Å²) in [5.41, 5.74) is 18.1. The Labute approximate surface area is 392 Å². The molecule has 0 aliphatic heterocycles. The first-order valence-electron chi connectivity index (χ1n) is 23.5. The highest BCUT2D eigenvalue weighted by atomic mass is 15.0. The lowest BCUT2D eigenvalue weighted by molar-refractivity contribution is 0.802. The topological polar surface area (TPSA) is 30.7 Å². The second-order valence-corrected chi connectivity index (χ2v) is 18.3. The summed E-state index contributed by atoms with van der Waals surface area (Å²) >= 11 is 0. The Bertz CT molecular complexity index is 4200. The van der Waals surface area contributed by atoms with E-state index in [-0.39, 0.29) is 0 Å². The molecule has 1 spiro atoms. The number of para-hydroxylation sites is 2. The van der Waals surface area contributed by atoms with E-state index in [9.17, 15) is 0 Å². The van der Waals surface area contributed by atoms with Gasteiger partial charge >= 0.3 is 0 Å². The van der Waals surface area contributed by atoms with E-state index in [4.69, 9.17) is 9.97 Å². The van der Waals surface area contributed by atoms with E-state index < -0.39 is 5.41 Å². The van der Waals surface area contributed by atoms with Crippen molar-refractivity contribution in [2.45, 2.75) is 5.41 Å². The Balaban J connectivity index is 0.993. The summed E-state index contributed by atoms with van der Waals surface area (Å²) in [6.45, 7) is 0. The molecule has 15 rings (SSSR count). The fraction of sp³-hybridized carbons (Fsp3) is 0.0154. The van der Waals surface area contributed by atoms with Crippen molar-refractivity contribution in [1.29, 1.82) is 0 Å². The molecule has 2 aliphatic carbocycles. The van der Waals surface area contributed by atoms with E-state index in [1.807, 2.05) is 0 Å². The first kappa shape index (κ1) is 37.3. The molecule has 2 heterocycles. The van der Waals surface area contributed by atoms with Gasteiger partial charge in [-0.15, -0.1) is 0 Å². The molecule has 0 saturated heterocycles. The van der Waals surface area contributed by atoms with Crippen molar-refractivity contribution in [3.05, 3.63) is 259 Å². The van der Waals surface area contributed by atoms with Crippen LogP contribution in [-0.4, -0.2) is 14.5 Å². The molecule has 11 aromatic carbocycles. The van der Waals surface area contributed by atoms with Crippen molar-refractivity contribution in [1.82, 2.24) is 14.5 Å². The van der Waals surface area contributed by atoms with Crippen LogP contribution in [0.4, 0.5) is 0 Å². The molecule has 0 fully saturated rings. The fourth-order valence-corrected chi connectivity index (χ4v) is 12.3. The van der Waals surface area contributed by atoms with Crippen LogP contribution in [-0.2, 0) is 5.41 Å². The van der Waals surface area contributed by atoms with Crippen LogP contribution in [0.15, 0.2) is 237 Å². The number of benzene rings is 11. The van der Waals surface area contributed by atoms with Gasteiger partial charge in [0.2, 0.25) is 0 Å². The van der Waals surface area contributed by atoms with Gasteiger partial charge in [0.15, 0.2) is 5.82 Å². The number of hydrogen-bond donors (Lipinski definition) is 0. The third-order valence-electron chi connectivity index (χ3n) is 15.0. The normalized spacial score (nSPS) is 14.5. The lowest BCUT2D eigenvalue weighted by atomic mass is 9.69. The van der Waals surface area contributed by atoms with Crippen LogP contribution in [0.1, 0.15) is 22.3 Å². The molecule has 13 aromatic rings. The van der Waals surface area contributed by atoms with Crippen molar-refractivity contribution in [2.24, 2.45) is 0 Å². The molecule has 0 amide bonds. The van der Waals surface area contributed by atoms with Gasteiger partial charge in [-0.25, -0.2) is 9.97 Å². The van der Waals surface area contributed by atoms with Gasteiger partial charge in [0.25, 0.3) is 0 Å². The lowest BCUT2D eigenvalue weighted by Crippen LogP contribution is -2.26. The van der Waals surface area contributed by atoms with Gasteiger partial charge in [-0.1, -0.05) is 194 Å². The molecular formula is C65H39N3. The van der Waals surface area contributed by atoms with E-state index in [0.29, 0.717) is 5.82 Å². The maximum Gasteiger partial charge on any atom is 0.160 e. The van der Waals surface area contributed by atoms with Gasteiger partial charge in [0, 0.05) is 33.2 Å². The van der Waals surface area contributed by atoms with Gasteiger partial charge < -0.3 is 4.57 Å². The lowest BCUT2D eigenvalue weighted by Gasteiger charge is -2.32. The average Bonchev–Trinajstić information content (AvgIpc) is 4.04. The molecule has 0 saturated carbocycles. The number of rotatable bonds is 4. The van der Waals surface area contributed by atoms with Crippen molar-refractivity contribution >= 4 is 54.1 Å². The summed E-state index contributed by atoms with van der Waals surface area (Å²) in [7, 11) is 0. The van der Waals surface area contributed by atoms with Gasteiger partial charge in [0.05, 0.1) is 27.8 Å². The third kappa shape index (κ3) is 4.97. The standard InChI is InChI=1S/C65H39N3/c1-2-18-41(19-3-1)56-39-57(67-64(66-56)42-33-36-43(37-34-42)68-58-31-14-11-23-47(58)48-24-12-15-32-59(48)68)52-28-16-30-54-60(52)51-27-10-13-29-53(51)65(54)55-38-35-40-17-4-5-20-44(40)61(55)62-49-25-8-6-21-45(49)46-22-7-9-26-50(46)63(62)65/h1-39H. The molecule has 1 atom stereocenters. The molecule has 0 bridgehead atoms. The van der Waals surface area contributed by atoms with Crippen LogP contribution in [0.2, 0.25) is 0 Å². The van der Waals surface area contributed by atoms with Crippen molar-refractivity contribution in [3.63, 3.8) is 0 Å². The van der Waals surface area contributed by atoms with Crippen molar-refractivity contribution < 1.29 is 0 Å². The zero-order chi connectivity index (χ0) is 44.5. The molecule has 2 aromatic heterocycles. The molecule has 314 valence electrons. The average molecular weight is 862 g/mol. The minimum atomic E-state index is -0.596. The predicted molar refractivity (Wildman–Crippen MR) is 281 cm³/mol. The number of fused-ring (bicyclic) bond motifs is 20. The number of hydrogen-bond acceptors (Lipinski definition) is 2. The van der Waals surface area contributed by atoms with Gasteiger partial charge in [-0.3, -0.25) is 0 Å². The van der Waals surface area contributed by atoms with Gasteiger partial charge in [-0.2, -0.15) is 0 Å². The zero-order valence-electron chi connectivity index (χ0n) is 36.9. The Morgan fingerprint density at radius 3 is 1.65 bits per heavy atom. The predicted octanol–water partition coefficient (Wildman–Crippen LogP) is 16.4. The quantitative estimate of drug-likeness (QED) is 0.165. The second-order valence-electron chi connectivity index (χ2n) is 18.3. The molecule has 1 unspecified atom stereocenters. The SMILES string of the molecule is c1ccc(-c2cc(-c3cccc4c3-c3ccccc3C43c4ccc5ccccc5c4-c4c3c3ccccc3c3ccccc43)nc(-c3ccc(-n4c5ccccc5c5ccccc54)cc3)n2)cc1. The van der Waals surface area contributed by atoms with E-state index in [2.05, 4.69) is 241 Å². The minimum Gasteiger partial charge on any atom is -0.309 e. The van der Waals surface area contributed by atoms with Gasteiger partial charge in [-0.05, 0) is 119 Å². The van der Waals surface area contributed by atoms with Crippen LogP contribution in [0.3, 0.4) is 0 Å². The second kappa shape index (κ2) is 14.0. The molecule has 0 radical (unpaired) electrons. The number of aromatic nitrogens is 3. The van der Waals surface area contributed by atoms with Crippen LogP contribution < -0.4 is 0 Å². The Hall–Kier alpha value is -8.92. The summed E-state index contributed by atoms with van der Waals surface area (Å²) in [6, 6.07) is 86.7. The zero-order valence-corrected chi connectivity index (χ0v) is 36.9. The Morgan fingerprint density at radius 1 is 0.324 bits per heavy atom. The van der Waals surface area contributed by atoms with E-state index >= 15 is 0 Å². The van der Waals surface area contributed by atoms with Crippen LogP contribution in [0.25, 0.3) is 116 Å². The molecule has 0 N–H and O–H groups in total. The first-order valence-corrected chi connectivity index (χ1v) is 23.5. The fourth-order valence-electron chi connectivity index (χ4n) is 12.3. The highest BCUT2D eigenvalue weighted by Gasteiger charge is 2.54. The summed E-state index contributed by atoms with van der Waals surface area (Å²) in [5, 5.41) is 10.1. The summed E-state index contributed by atoms with van der Waals surface area (Å²) in [4.78, 5) is 10.9. The Kier molecular flexibility index (Phi) is 7.71. The van der Waals surface area contributed by atoms with Crippen LogP contribution >= 0.6 is 0 Å². The van der Waals surface area contributed by atoms with Crippen molar-refractivity contribution in [2.75, 3.05) is 0 Å². The summed E-state index contributed by atoms with van der Waals surface area (Å²) in [6.07, 6.45) is 0. The van der Waals surface area contributed by atoms with E-state index in [1.54, 1.807) is 0 Å². The maximum atomic E-state index is 5.56. The molecule has 68 heavy (non-hydrogen) atoms. The minimum absolute atomic E-state index is 0.596. The van der Waals surface area contributed by atoms with Gasteiger partial charge in [0.1, 0.15) is 0 Å². The monoisotopic (exact) mass is 861 g/mol. The molecule has 2 aliphatic rings. The van der Waals surface area contributed by atoms with Crippen LogP contribution in [0.5, 0.6) is 0 Å².